The van der Waals surface area contributed by atoms with E-state index in [2.05, 4.69) is 42.1 Å². The van der Waals surface area contributed by atoms with Crippen molar-refractivity contribution in [2.75, 3.05) is 38.0 Å². The van der Waals surface area contributed by atoms with Crippen molar-refractivity contribution >= 4 is 28.9 Å². The Morgan fingerprint density at radius 1 is 0.973 bits per heavy atom. The maximum atomic E-state index is 13.3. The van der Waals surface area contributed by atoms with Gasteiger partial charge in [-0.15, -0.1) is 0 Å². The molecule has 0 amide bonds. The highest BCUT2D eigenvalue weighted by atomic mass is 35.5. The summed E-state index contributed by atoms with van der Waals surface area (Å²) in [4.78, 5) is 18.1. The first-order valence-corrected chi connectivity index (χ1v) is 12.3. The molecule has 5 heterocycles. The van der Waals surface area contributed by atoms with Gasteiger partial charge in [-0.25, -0.2) is 19.5 Å². The summed E-state index contributed by atoms with van der Waals surface area (Å²) in [6.45, 7) is 9.72. The summed E-state index contributed by atoms with van der Waals surface area (Å²) in [5.74, 6) is 0.830. The van der Waals surface area contributed by atoms with Gasteiger partial charge in [0.2, 0.25) is 5.95 Å². The van der Waals surface area contributed by atoms with Gasteiger partial charge in [0.1, 0.15) is 5.82 Å². The van der Waals surface area contributed by atoms with E-state index >= 15 is 0 Å². The summed E-state index contributed by atoms with van der Waals surface area (Å²) in [6.07, 6.45) is 0.253. The largest absolute Gasteiger partial charge is 0.418 e. The second kappa shape index (κ2) is 10.2. The molecule has 1 fully saturated rings. The van der Waals surface area contributed by atoms with E-state index in [-0.39, 0.29) is 16.7 Å². The Balaban J connectivity index is 1.33. The number of rotatable bonds is 6. The van der Waals surface area contributed by atoms with Gasteiger partial charge in [-0.05, 0) is 37.2 Å². The van der Waals surface area contributed by atoms with Crippen molar-refractivity contribution in [1.29, 1.82) is 0 Å². The Hall–Kier alpha value is -3.28. The van der Waals surface area contributed by atoms with Crippen LogP contribution >= 0.6 is 11.6 Å². The van der Waals surface area contributed by atoms with Gasteiger partial charge in [0, 0.05) is 44.5 Å². The van der Waals surface area contributed by atoms with Crippen molar-refractivity contribution in [3.05, 3.63) is 64.7 Å². The van der Waals surface area contributed by atoms with Gasteiger partial charge in [-0.2, -0.15) is 18.3 Å². The number of piperazine rings is 1. The van der Waals surface area contributed by atoms with Crippen LogP contribution in [0.25, 0.3) is 16.8 Å². The van der Waals surface area contributed by atoms with Gasteiger partial charge in [0.15, 0.2) is 0 Å². The lowest BCUT2D eigenvalue weighted by molar-refractivity contribution is -0.138. The van der Waals surface area contributed by atoms with E-state index in [1.165, 1.54) is 29.9 Å². The second-order valence-corrected chi connectivity index (χ2v) is 9.37. The van der Waals surface area contributed by atoms with Crippen molar-refractivity contribution in [3.8, 4) is 11.3 Å². The highest BCUT2D eigenvalue weighted by Crippen LogP contribution is 2.35. The number of nitrogens with zero attached hydrogens (tertiary/aromatic N) is 7. The average Bonchev–Trinajstić information content (AvgIpc) is 3.31. The van der Waals surface area contributed by atoms with E-state index in [1.54, 1.807) is 0 Å². The van der Waals surface area contributed by atoms with Crippen LogP contribution in [0.3, 0.4) is 0 Å². The molecular weight excluding hydrogens is 505 g/mol. The van der Waals surface area contributed by atoms with Crippen LogP contribution < -0.4 is 5.32 Å². The summed E-state index contributed by atoms with van der Waals surface area (Å²) < 4.78 is 41.1. The Bertz CT molecular complexity index is 1400. The summed E-state index contributed by atoms with van der Waals surface area (Å²) in [5, 5.41) is 7.48. The number of likely N-dealkylation sites (N-methyl/N-ethyl adjacent to an activating group) is 1. The average molecular weight is 531 g/mol. The zero-order valence-electron chi connectivity index (χ0n) is 20.4. The van der Waals surface area contributed by atoms with Crippen LogP contribution in [0, 0.1) is 6.92 Å². The standard InChI is InChI=1S/C25H26ClF3N8/c1-3-35-8-10-36(11-9-35)15-17-4-7-22(30-12-17)33-24-31-14-20(26)23(34-24)18-13-32-37-16(2)19(25(27,28)29)5-6-21(18)37/h4-7,12-14H,3,8-11,15H2,1-2H3,(H,30,31,33,34). The predicted octanol–water partition coefficient (Wildman–Crippen LogP) is 5.05. The van der Waals surface area contributed by atoms with Crippen LogP contribution in [-0.4, -0.2) is 67.1 Å². The zero-order valence-corrected chi connectivity index (χ0v) is 21.2. The molecule has 194 valence electrons. The highest BCUT2D eigenvalue weighted by molar-refractivity contribution is 6.33. The Morgan fingerprint density at radius 2 is 1.73 bits per heavy atom. The molecule has 0 saturated carbocycles. The fraction of sp³-hybridized carbons (Fsp3) is 0.360. The van der Waals surface area contributed by atoms with Crippen molar-refractivity contribution < 1.29 is 13.2 Å². The molecule has 1 N–H and O–H groups in total. The van der Waals surface area contributed by atoms with E-state index in [1.807, 2.05) is 18.3 Å². The van der Waals surface area contributed by atoms with Crippen LogP contribution in [0.2, 0.25) is 5.02 Å². The van der Waals surface area contributed by atoms with E-state index in [9.17, 15) is 13.2 Å². The first-order valence-electron chi connectivity index (χ1n) is 12.0. The van der Waals surface area contributed by atoms with E-state index in [0.29, 0.717) is 22.6 Å². The Labute approximate surface area is 217 Å². The van der Waals surface area contributed by atoms with Crippen molar-refractivity contribution in [2.45, 2.75) is 26.6 Å². The summed E-state index contributed by atoms with van der Waals surface area (Å²) >= 11 is 6.37. The number of anilines is 2. The smallest absolute Gasteiger partial charge is 0.309 e. The van der Waals surface area contributed by atoms with E-state index in [4.69, 9.17) is 11.6 Å². The fourth-order valence-electron chi connectivity index (χ4n) is 4.51. The molecule has 0 aliphatic carbocycles. The fourth-order valence-corrected chi connectivity index (χ4v) is 4.70. The number of aromatic nitrogens is 5. The molecule has 0 unspecified atom stereocenters. The molecular formula is C25H26ClF3N8. The number of halogens is 4. The lowest BCUT2D eigenvalue weighted by atomic mass is 10.1. The number of hydrogen-bond donors (Lipinski definition) is 1. The van der Waals surface area contributed by atoms with E-state index in [0.717, 1.165) is 50.9 Å². The highest BCUT2D eigenvalue weighted by Gasteiger charge is 2.33. The monoisotopic (exact) mass is 530 g/mol. The number of alkyl halides is 3. The lowest BCUT2D eigenvalue weighted by Gasteiger charge is -2.33. The van der Waals surface area contributed by atoms with Crippen LogP contribution in [0.1, 0.15) is 23.7 Å². The number of aryl methyl sites for hydroxylation is 1. The van der Waals surface area contributed by atoms with Crippen molar-refractivity contribution in [1.82, 2.24) is 34.4 Å². The molecule has 8 nitrogen and oxygen atoms in total. The maximum absolute atomic E-state index is 13.3. The van der Waals surface area contributed by atoms with Crippen molar-refractivity contribution in [3.63, 3.8) is 0 Å². The molecule has 0 atom stereocenters. The van der Waals surface area contributed by atoms with Gasteiger partial charge < -0.3 is 10.2 Å². The molecule has 0 spiro atoms. The maximum Gasteiger partial charge on any atom is 0.418 e. The normalized spacial score (nSPS) is 15.4. The molecule has 37 heavy (non-hydrogen) atoms. The Morgan fingerprint density at radius 3 is 2.41 bits per heavy atom. The molecule has 1 aliphatic rings. The molecule has 0 bridgehead atoms. The summed E-state index contributed by atoms with van der Waals surface area (Å²) in [6, 6.07) is 6.29. The third-order valence-electron chi connectivity index (χ3n) is 6.61. The van der Waals surface area contributed by atoms with Crippen LogP contribution in [0.15, 0.2) is 42.9 Å². The van der Waals surface area contributed by atoms with Crippen molar-refractivity contribution in [2.24, 2.45) is 0 Å². The first kappa shape index (κ1) is 25.4. The minimum absolute atomic E-state index is 0.0173. The lowest BCUT2D eigenvalue weighted by Crippen LogP contribution is -2.45. The quantitative estimate of drug-likeness (QED) is 0.374. The molecule has 4 aromatic heterocycles. The minimum atomic E-state index is -4.47. The van der Waals surface area contributed by atoms with Crippen LogP contribution in [0.5, 0.6) is 0 Å². The van der Waals surface area contributed by atoms with Crippen LogP contribution in [0.4, 0.5) is 24.9 Å². The molecule has 4 aromatic rings. The Kier molecular flexibility index (Phi) is 7.02. The number of pyridine rings is 2. The molecule has 1 aliphatic heterocycles. The second-order valence-electron chi connectivity index (χ2n) is 8.96. The number of nitrogens with one attached hydrogen (secondary N) is 1. The van der Waals surface area contributed by atoms with Gasteiger partial charge >= 0.3 is 6.18 Å². The SMILES string of the molecule is CCN1CCN(Cc2ccc(Nc3ncc(Cl)c(-c4cnn5c(C)c(C(F)(F)F)ccc45)n3)nc2)CC1. The zero-order chi connectivity index (χ0) is 26.2. The topological polar surface area (TPSA) is 74.5 Å². The molecule has 0 aromatic carbocycles. The molecule has 1 saturated heterocycles. The summed E-state index contributed by atoms with van der Waals surface area (Å²) in [7, 11) is 0. The summed E-state index contributed by atoms with van der Waals surface area (Å²) in [5.41, 5.74) is 1.67. The van der Waals surface area contributed by atoms with Gasteiger partial charge in [-0.1, -0.05) is 24.6 Å². The molecule has 12 heteroatoms. The van der Waals surface area contributed by atoms with Gasteiger partial charge in [0.05, 0.1) is 39.9 Å². The van der Waals surface area contributed by atoms with E-state index < -0.39 is 11.7 Å². The third-order valence-corrected chi connectivity index (χ3v) is 6.89. The predicted molar refractivity (Wildman–Crippen MR) is 136 cm³/mol. The van der Waals surface area contributed by atoms with Gasteiger partial charge in [-0.3, -0.25) is 4.90 Å². The molecule has 5 rings (SSSR count). The number of fused-ring (bicyclic) bond motifs is 1. The third kappa shape index (κ3) is 5.39. The first-order chi connectivity index (χ1) is 17.7. The van der Waals surface area contributed by atoms with Crippen LogP contribution in [-0.2, 0) is 12.7 Å². The minimum Gasteiger partial charge on any atom is -0.309 e. The van der Waals surface area contributed by atoms with Gasteiger partial charge in [0.25, 0.3) is 0 Å². The molecule has 0 radical (unpaired) electrons. The number of hydrogen-bond acceptors (Lipinski definition) is 7.